The monoisotopic (exact) mass is 488 g/mol. The Morgan fingerprint density at radius 1 is 0.886 bits per heavy atom. The van der Waals surface area contributed by atoms with Crippen LogP contribution in [0.2, 0.25) is 0 Å². The van der Waals surface area contributed by atoms with Gasteiger partial charge >= 0.3 is 0 Å². The van der Waals surface area contributed by atoms with Crippen LogP contribution in [0, 0.1) is 6.92 Å². The molecule has 0 saturated heterocycles. The van der Waals surface area contributed by atoms with Gasteiger partial charge in [-0.05, 0) is 68.0 Å². The van der Waals surface area contributed by atoms with E-state index in [4.69, 9.17) is 0 Å². The van der Waals surface area contributed by atoms with Crippen molar-refractivity contribution in [2.75, 3.05) is 6.54 Å². The third-order valence-electron chi connectivity index (χ3n) is 6.54. The molecule has 0 aliphatic heterocycles. The molecule has 0 spiro atoms. The van der Waals surface area contributed by atoms with E-state index >= 15 is 0 Å². The van der Waals surface area contributed by atoms with Crippen LogP contribution < -0.4 is 0 Å². The van der Waals surface area contributed by atoms with E-state index in [1.807, 2.05) is 47.4 Å². The molecule has 4 rings (SSSR count). The van der Waals surface area contributed by atoms with E-state index in [1.165, 1.54) is 29.7 Å². The predicted molar refractivity (Wildman–Crippen MR) is 143 cm³/mol. The van der Waals surface area contributed by atoms with Crippen molar-refractivity contribution in [2.45, 2.75) is 71.5 Å². The highest BCUT2D eigenvalue weighted by atomic mass is 32.1. The summed E-state index contributed by atoms with van der Waals surface area (Å²) in [6.07, 6.45) is 6.59. The first-order valence-electron chi connectivity index (χ1n) is 12.8. The van der Waals surface area contributed by atoms with Gasteiger partial charge in [0.05, 0.1) is 6.54 Å². The smallest absolute Gasteiger partial charge is 0.254 e. The molecule has 5 heteroatoms. The quantitative estimate of drug-likeness (QED) is 0.269. The van der Waals surface area contributed by atoms with Crippen molar-refractivity contribution in [1.29, 1.82) is 0 Å². The van der Waals surface area contributed by atoms with Crippen molar-refractivity contribution < 1.29 is 9.59 Å². The van der Waals surface area contributed by atoms with Crippen LogP contribution in [0.25, 0.3) is 0 Å². The van der Waals surface area contributed by atoms with Gasteiger partial charge in [0.15, 0.2) is 0 Å². The van der Waals surface area contributed by atoms with Crippen LogP contribution in [0.15, 0.2) is 66.7 Å². The van der Waals surface area contributed by atoms with Crippen LogP contribution in [-0.2, 0) is 24.3 Å². The first-order chi connectivity index (χ1) is 17.0. The van der Waals surface area contributed by atoms with E-state index in [2.05, 4.69) is 38.1 Å². The zero-order valence-corrected chi connectivity index (χ0v) is 21.7. The Hall–Kier alpha value is -2.92. The van der Waals surface area contributed by atoms with Gasteiger partial charge in [0.1, 0.15) is 6.54 Å². The van der Waals surface area contributed by atoms with Crippen LogP contribution in [0.4, 0.5) is 0 Å². The molecular weight excluding hydrogens is 452 g/mol. The first kappa shape index (κ1) is 25.2. The van der Waals surface area contributed by atoms with Gasteiger partial charge in [0.2, 0.25) is 5.91 Å². The summed E-state index contributed by atoms with van der Waals surface area (Å²) in [5, 5.41) is 0. The van der Waals surface area contributed by atoms with Crippen LogP contribution in [0.3, 0.4) is 0 Å². The minimum absolute atomic E-state index is 0.00339. The first-order valence-corrected chi connectivity index (χ1v) is 13.6. The number of amides is 2. The van der Waals surface area contributed by atoms with Crippen LogP contribution in [0.1, 0.15) is 70.3 Å². The largest absolute Gasteiger partial charge is 0.332 e. The molecule has 0 N–H and O–H groups in total. The van der Waals surface area contributed by atoms with Crippen molar-refractivity contribution in [2.24, 2.45) is 0 Å². The molecule has 1 aromatic heterocycles. The minimum Gasteiger partial charge on any atom is -0.332 e. The standard InChI is InChI=1S/C30H36N2O2S/c1-3-4-6-9-24-13-15-26(16-14-24)30(34)32(27-17-18-27)22-29(33)31(20-25-10-7-5-8-11-25)21-28-19-12-23(2)35-28/h5,7-8,10-16,19,27H,3-4,6,9,17-18,20-22H2,1-2H3. The predicted octanol–water partition coefficient (Wildman–Crippen LogP) is 6.62. The molecule has 1 aliphatic rings. The third kappa shape index (κ3) is 7.28. The van der Waals surface area contributed by atoms with Gasteiger partial charge in [0.25, 0.3) is 5.91 Å². The summed E-state index contributed by atoms with van der Waals surface area (Å²) in [5.74, 6) is -0.0380. The molecule has 1 fully saturated rings. The number of hydrogen-bond donors (Lipinski definition) is 0. The average Bonchev–Trinajstić information content (AvgIpc) is 3.63. The maximum absolute atomic E-state index is 13.6. The lowest BCUT2D eigenvalue weighted by Gasteiger charge is -2.28. The molecule has 0 bridgehead atoms. The number of unbranched alkanes of at least 4 members (excludes halogenated alkanes) is 2. The molecule has 4 nitrogen and oxygen atoms in total. The summed E-state index contributed by atoms with van der Waals surface area (Å²) in [4.78, 5) is 33.1. The fourth-order valence-electron chi connectivity index (χ4n) is 4.35. The molecule has 1 aliphatic carbocycles. The molecular formula is C30H36N2O2S. The van der Waals surface area contributed by atoms with Gasteiger partial charge in [-0.25, -0.2) is 0 Å². The summed E-state index contributed by atoms with van der Waals surface area (Å²) in [5.41, 5.74) is 3.04. The molecule has 0 radical (unpaired) electrons. The summed E-state index contributed by atoms with van der Waals surface area (Å²) in [6.45, 7) is 5.51. The average molecular weight is 489 g/mol. The highest BCUT2D eigenvalue weighted by Gasteiger charge is 2.35. The molecule has 0 unspecified atom stereocenters. The Balaban J connectivity index is 1.46. The Kier molecular flexibility index (Phi) is 8.75. The van der Waals surface area contributed by atoms with Crippen molar-refractivity contribution in [3.63, 3.8) is 0 Å². The maximum atomic E-state index is 13.6. The van der Waals surface area contributed by atoms with E-state index in [0.29, 0.717) is 18.7 Å². The lowest BCUT2D eigenvalue weighted by molar-refractivity contribution is -0.133. The zero-order chi connectivity index (χ0) is 24.6. The number of rotatable bonds is 12. The van der Waals surface area contributed by atoms with E-state index in [0.717, 1.165) is 29.7 Å². The van der Waals surface area contributed by atoms with Crippen LogP contribution in [-0.4, -0.2) is 34.2 Å². The van der Waals surface area contributed by atoms with Gasteiger partial charge in [-0.2, -0.15) is 0 Å². The van der Waals surface area contributed by atoms with Gasteiger partial charge in [0, 0.05) is 27.9 Å². The summed E-state index contributed by atoms with van der Waals surface area (Å²) >= 11 is 1.72. The van der Waals surface area contributed by atoms with Crippen molar-refractivity contribution in [1.82, 2.24) is 9.80 Å². The van der Waals surface area contributed by atoms with Gasteiger partial charge in [-0.1, -0.05) is 62.2 Å². The van der Waals surface area contributed by atoms with E-state index < -0.39 is 0 Å². The Morgan fingerprint density at radius 3 is 2.26 bits per heavy atom. The van der Waals surface area contributed by atoms with Gasteiger partial charge in [-0.15, -0.1) is 11.3 Å². The number of carbonyl (C=O) groups excluding carboxylic acids is 2. The molecule has 0 atom stereocenters. The summed E-state index contributed by atoms with van der Waals surface area (Å²) in [6, 6.07) is 22.4. The number of nitrogens with zero attached hydrogens (tertiary/aromatic N) is 2. The van der Waals surface area contributed by atoms with Crippen molar-refractivity contribution in [3.8, 4) is 0 Å². The molecule has 1 saturated carbocycles. The molecule has 35 heavy (non-hydrogen) atoms. The van der Waals surface area contributed by atoms with E-state index in [1.54, 1.807) is 16.2 Å². The maximum Gasteiger partial charge on any atom is 0.254 e. The second kappa shape index (κ2) is 12.2. The fraction of sp³-hybridized carbons (Fsp3) is 0.400. The second-order valence-corrected chi connectivity index (χ2v) is 10.9. The highest BCUT2D eigenvalue weighted by Crippen LogP contribution is 2.29. The highest BCUT2D eigenvalue weighted by molar-refractivity contribution is 7.11. The number of carbonyl (C=O) groups is 2. The number of aryl methyl sites for hydroxylation is 2. The third-order valence-corrected chi connectivity index (χ3v) is 7.52. The Bertz CT molecular complexity index is 1100. The van der Waals surface area contributed by atoms with Crippen LogP contribution >= 0.6 is 11.3 Å². The van der Waals surface area contributed by atoms with E-state index in [9.17, 15) is 9.59 Å². The normalized spacial score (nSPS) is 13.0. The lowest BCUT2D eigenvalue weighted by atomic mass is 10.0. The SMILES string of the molecule is CCCCCc1ccc(C(=O)N(CC(=O)N(Cc2ccccc2)Cc2ccc(C)s2)C2CC2)cc1. The zero-order valence-electron chi connectivity index (χ0n) is 20.9. The molecule has 1 heterocycles. The minimum atomic E-state index is -0.0346. The van der Waals surface area contributed by atoms with Crippen LogP contribution in [0.5, 0.6) is 0 Å². The topological polar surface area (TPSA) is 40.6 Å². The molecule has 184 valence electrons. The van der Waals surface area contributed by atoms with Gasteiger partial charge < -0.3 is 9.80 Å². The van der Waals surface area contributed by atoms with Crippen molar-refractivity contribution >= 4 is 23.2 Å². The van der Waals surface area contributed by atoms with Crippen molar-refractivity contribution in [3.05, 3.63) is 93.2 Å². The molecule has 3 aromatic rings. The lowest BCUT2D eigenvalue weighted by Crippen LogP contribution is -2.43. The molecule has 2 aromatic carbocycles. The Morgan fingerprint density at radius 2 is 1.63 bits per heavy atom. The number of thiophene rings is 1. The number of benzene rings is 2. The summed E-state index contributed by atoms with van der Waals surface area (Å²) in [7, 11) is 0. The Labute approximate surface area is 213 Å². The fourth-order valence-corrected chi connectivity index (χ4v) is 5.26. The van der Waals surface area contributed by atoms with E-state index in [-0.39, 0.29) is 24.4 Å². The number of hydrogen-bond acceptors (Lipinski definition) is 3. The molecule has 2 amide bonds. The van der Waals surface area contributed by atoms with Gasteiger partial charge in [-0.3, -0.25) is 9.59 Å². The summed E-state index contributed by atoms with van der Waals surface area (Å²) < 4.78 is 0. The second-order valence-electron chi connectivity index (χ2n) is 9.57.